The van der Waals surface area contributed by atoms with Crippen molar-refractivity contribution in [3.63, 3.8) is 0 Å². The third kappa shape index (κ3) is 4.50. The highest BCUT2D eigenvalue weighted by molar-refractivity contribution is 5.60. The van der Waals surface area contributed by atoms with Gasteiger partial charge in [-0.15, -0.1) is 0 Å². The van der Waals surface area contributed by atoms with Crippen LogP contribution in [0.25, 0.3) is 22.8 Å². The van der Waals surface area contributed by atoms with Crippen LogP contribution >= 0.6 is 0 Å². The Kier molecular flexibility index (Phi) is 5.41. The first kappa shape index (κ1) is 17.6. The molecule has 1 saturated heterocycles. The summed E-state index contributed by atoms with van der Waals surface area (Å²) in [7, 11) is 0. The predicted molar refractivity (Wildman–Crippen MR) is 103 cm³/mol. The molecule has 4 rings (SSSR count). The molecular formula is C20H23N5O2. The fourth-order valence-electron chi connectivity index (χ4n) is 2.95. The van der Waals surface area contributed by atoms with Crippen LogP contribution in [0.15, 0.2) is 47.1 Å². The summed E-state index contributed by atoms with van der Waals surface area (Å²) in [6.07, 6.45) is 1.75. The van der Waals surface area contributed by atoms with Crippen molar-refractivity contribution in [3.05, 3.63) is 48.2 Å². The van der Waals surface area contributed by atoms with E-state index in [1.165, 1.54) is 5.56 Å². The second kappa shape index (κ2) is 8.28. The number of benzene rings is 1. The number of pyridine rings is 1. The van der Waals surface area contributed by atoms with Crippen LogP contribution in [0.2, 0.25) is 0 Å². The monoisotopic (exact) mass is 365 g/mol. The fraction of sp³-hybridized carbons (Fsp3) is 0.350. The third-order valence-electron chi connectivity index (χ3n) is 4.58. The predicted octanol–water partition coefficient (Wildman–Crippen LogP) is 2.85. The number of hydrogen-bond acceptors (Lipinski definition) is 7. The second-order valence-corrected chi connectivity index (χ2v) is 6.60. The Labute approximate surface area is 158 Å². The van der Waals surface area contributed by atoms with Crippen LogP contribution in [0, 0.1) is 6.92 Å². The molecule has 3 aromatic rings. The molecule has 0 unspecified atom stereocenters. The lowest BCUT2D eigenvalue weighted by Gasteiger charge is -2.26. The number of aromatic nitrogens is 3. The zero-order valence-electron chi connectivity index (χ0n) is 15.4. The van der Waals surface area contributed by atoms with Crippen molar-refractivity contribution in [1.82, 2.24) is 20.0 Å². The van der Waals surface area contributed by atoms with E-state index in [0.717, 1.165) is 56.3 Å². The van der Waals surface area contributed by atoms with Crippen LogP contribution in [-0.2, 0) is 4.74 Å². The normalized spacial score (nSPS) is 15.0. The van der Waals surface area contributed by atoms with Gasteiger partial charge in [-0.25, -0.2) is 4.98 Å². The number of nitrogens with zero attached hydrogens (tertiary/aromatic N) is 4. The van der Waals surface area contributed by atoms with Crippen LogP contribution in [0.4, 0.5) is 5.82 Å². The molecule has 1 aliphatic rings. The molecule has 0 bridgehead atoms. The first-order valence-corrected chi connectivity index (χ1v) is 9.19. The van der Waals surface area contributed by atoms with E-state index >= 15 is 0 Å². The van der Waals surface area contributed by atoms with Crippen molar-refractivity contribution < 1.29 is 9.26 Å². The minimum atomic E-state index is 0.470. The quantitative estimate of drug-likeness (QED) is 0.720. The first-order valence-electron chi connectivity index (χ1n) is 9.19. The van der Waals surface area contributed by atoms with Gasteiger partial charge >= 0.3 is 0 Å². The van der Waals surface area contributed by atoms with Crippen LogP contribution in [0.3, 0.4) is 0 Å². The SMILES string of the molecule is Cc1ccc(-c2noc(-c3ccc(NCCN4CCOCC4)nc3)n2)cc1. The van der Waals surface area contributed by atoms with Crippen molar-refractivity contribution >= 4 is 5.82 Å². The van der Waals surface area contributed by atoms with Crippen LogP contribution < -0.4 is 5.32 Å². The number of ether oxygens (including phenoxy) is 1. The number of aryl methyl sites for hydroxylation is 1. The van der Waals surface area contributed by atoms with Crippen molar-refractivity contribution in [2.24, 2.45) is 0 Å². The van der Waals surface area contributed by atoms with E-state index in [4.69, 9.17) is 9.26 Å². The Hall–Kier alpha value is -2.77. The van der Waals surface area contributed by atoms with Gasteiger partial charge in [0.05, 0.1) is 18.8 Å². The van der Waals surface area contributed by atoms with E-state index in [1.807, 2.05) is 43.3 Å². The van der Waals surface area contributed by atoms with Crippen LogP contribution in [-0.4, -0.2) is 59.4 Å². The van der Waals surface area contributed by atoms with E-state index < -0.39 is 0 Å². The highest BCUT2D eigenvalue weighted by Crippen LogP contribution is 2.22. The van der Waals surface area contributed by atoms with Gasteiger partial charge in [-0.1, -0.05) is 35.0 Å². The van der Waals surface area contributed by atoms with Gasteiger partial charge in [0, 0.05) is 37.9 Å². The molecule has 0 atom stereocenters. The Bertz CT molecular complexity index is 855. The maximum Gasteiger partial charge on any atom is 0.259 e. The lowest BCUT2D eigenvalue weighted by Crippen LogP contribution is -2.39. The number of hydrogen-bond donors (Lipinski definition) is 1. The molecule has 7 heteroatoms. The molecule has 2 aromatic heterocycles. The van der Waals surface area contributed by atoms with Crippen LogP contribution in [0.5, 0.6) is 0 Å². The van der Waals surface area contributed by atoms with Crippen LogP contribution in [0.1, 0.15) is 5.56 Å². The lowest BCUT2D eigenvalue weighted by atomic mass is 10.1. The summed E-state index contributed by atoms with van der Waals surface area (Å²) >= 11 is 0. The van der Waals surface area contributed by atoms with Gasteiger partial charge in [-0.2, -0.15) is 4.98 Å². The molecule has 0 spiro atoms. The first-order chi connectivity index (χ1) is 13.3. The summed E-state index contributed by atoms with van der Waals surface area (Å²) in [5.74, 6) is 1.89. The van der Waals surface area contributed by atoms with Crippen molar-refractivity contribution in [2.75, 3.05) is 44.7 Å². The zero-order chi connectivity index (χ0) is 18.5. The Balaban J connectivity index is 1.35. The fourth-order valence-corrected chi connectivity index (χ4v) is 2.95. The van der Waals surface area contributed by atoms with Gasteiger partial charge in [0.1, 0.15) is 5.82 Å². The number of rotatable bonds is 6. The molecule has 0 amide bonds. The van der Waals surface area contributed by atoms with Crippen molar-refractivity contribution in [2.45, 2.75) is 6.92 Å². The van der Waals surface area contributed by atoms with Gasteiger partial charge in [0.15, 0.2) is 0 Å². The maximum atomic E-state index is 5.40. The van der Waals surface area contributed by atoms with E-state index in [9.17, 15) is 0 Å². The van der Waals surface area contributed by atoms with E-state index in [-0.39, 0.29) is 0 Å². The summed E-state index contributed by atoms with van der Waals surface area (Å²) in [5.41, 5.74) is 2.94. The molecule has 0 aliphatic carbocycles. The van der Waals surface area contributed by atoms with Gasteiger partial charge in [-0.05, 0) is 19.1 Å². The number of anilines is 1. The average Bonchev–Trinajstić information content (AvgIpc) is 3.20. The van der Waals surface area contributed by atoms with Gasteiger partial charge < -0.3 is 14.6 Å². The smallest absolute Gasteiger partial charge is 0.259 e. The minimum Gasteiger partial charge on any atom is -0.379 e. The minimum absolute atomic E-state index is 0.470. The van der Waals surface area contributed by atoms with Gasteiger partial charge in [0.2, 0.25) is 5.82 Å². The summed E-state index contributed by atoms with van der Waals surface area (Å²) < 4.78 is 10.8. The molecule has 0 saturated carbocycles. The van der Waals surface area contributed by atoms with E-state index in [0.29, 0.717) is 11.7 Å². The van der Waals surface area contributed by atoms with Crippen molar-refractivity contribution in [3.8, 4) is 22.8 Å². The van der Waals surface area contributed by atoms with Crippen molar-refractivity contribution in [1.29, 1.82) is 0 Å². The highest BCUT2D eigenvalue weighted by Gasteiger charge is 2.12. The number of morpholine rings is 1. The molecule has 3 heterocycles. The molecule has 0 radical (unpaired) electrons. The van der Waals surface area contributed by atoms with E-state index in [2.05, 4.69) is 25.3 Å². The molecule has 1 fully saturated rings. The summed E-state index contributed by atoms with van der Waals surface area (Å²) in [6, 6.07) is 11.9. The standard InChI is InChI=1S/C20H23N5O2/c1-15-2-4-16(5-3-15)19-23-20(27-24-19)17-6-7-18(22-14-17)21-8-9-25-10-12-26-13-11-25/h2-7,14H,8-13H2,1H3,(H,21,22). The summed E-state index contributed by atoms with van der Waals surface area (Å²) in [6.45, 7) is 7.51. The topological polar surface area (TPSA) is 76.3 Å². The molecule has 7 nitrogen and oxygen atoms in total. The number of nitrogens with one attached hydrogen (secondary N) is 1. The van der Waals surface area contributed by atoms with Gasteiger partial charge in [-0.3, -0.25) is 4.90 Å². The molecule has 27 heavy (non-hydrogen) atoms. The zero-order valence-corrected chi connectivity index (χ0v) is 15.4. The average molecular weight is 365 g/mol. The molecule has 1 aromatic carbocycles. The third-order valence-corrected chi connectivity index (χ3v) is 4.58. The highest BCUT2D eigenvalue weighted by atomic mass is 16.5. The summed E-state index contributed by atoms with van der Waals surface area (Å²) in [4.78, 5) is 11.3. The molecular weight excluding hydrogens is 342 g/mol. The Morgan fingerprint density at radius 2 is 1.81 bits per heavy atom. The molecule has 140 valence electrons. The van der Waals surface area contributed by atoms with E-state index in [1.54, 1.807) is 6.20 Å². The molecule has 1 aliphatic heterocycles. The largest absolute Gasteiger partial charge is 0.379 e. The lowest BCUT2D eigenvalue weighted by molar-refractivity contribution is 0.0398. The van der Waals surface area contributed by atoms with Gasteiger partial charge in [0.25, 0.3) is 5.89 Å². The Morgan fingerprint density at radius 3 is 2.56 bits per heavy atom. The second-order valence-electron chi connectivity index (χ2n) is 6.60. The molecule has 1 N–H and O–H groups in total. The Morgan fingerprint density at radius 1 is 1.04 bits per heavy atom. The summed E-state index contributed by atoms with van der Waals surface area (Å²) in [5, 5.41) is 7.42. The maximum absolute atomic E-state index is 5.40.